The smallest absolute Gasteiger partial charge is 0.221 e. The van der Waals surface area contributed by atoms with Crippen LogP contribution in [0.4, 0.5) is 5.69 Å². The monoisotopic (exact) mass is 192 g/mol. The summed E-state index contributed by atoms with van der Waals surface area (Å²) in [4.78, 5) is 11.1. The second-order valence-corrected chi connectivity index (χ2v) is 3.00. The largest absolute Gasteiger partial charge is 0.385 e. The van der Waals surface area contributed by atoms with Gasteiger partial charge in [0.2, 0.25) is 5.91 Å². The maximum absolute atomic E-state index is 11.1. The van der Waals surface area contributed by atoms with Crippen LogP contribution in [0, 0.1) is 0 Å². The number of benzene rings is 1. The van der Waals surface area contributed by atoms with E-state index in [2.05, 4.69) is 10.6 Å². The summed E-state index contributed by atoms with van der Waals surface area (Å²) >= 11 is 0. The Morgan fingerprint density at radius 1 is 1.29 bits per heavy atom. The van der Waals surface area contributed by atoms with E-state index in [1.54, 1.807) is 0 Å². The first-order valence-electron chi connectivity index (χ1n) is 4.88. The lowest BCUT2D eigenvalue weighted by Gasteiger charge is -2.05. The van der Waals surface area contributed by atoms with Crippen LogP contribution in [0.5, 0.6) is 0 Å². The second-order valence-electron chi connectivity index (χ2n) is 3.00. The predicted molar refractivity (Wildman–Crippen MR) is 58.2 cm³/mol. The van der Waals surface area contributed by atoms with E-state index < -0.39 is 0 Å². The van der Waals surface area contributed by atoms with Gasteiger partial charge in [0.1, 0.15) is 0 Å². The third-order valence-electron chi connectivity index (χ3n) is 1.83. The molecule has 0 aliphatic rings. The Hall–Kier alpha value is -1.51. The molecule has 0 aromatic heterocycles. The third-order valence-corrected chi connectivity index (χ3v) is 1.83. The molecule has 0 radical (unpaired) electrons. The van der Waals surface area contributed by atoms with Crippen LogP contribution in [0.3, 0.4) is 0 Å². The summed E-state index contributed by atoms with van der Waals surface area (Å²) in [5.41, 5.74) is 1.05. The van der Waals surface area contributed by atoms with E-state index in [1.807, 2.05) is 37.3 Å². The molecule has 3 nitrogen and oxygen atoms in total. The van der Waals surface area contributed by atoms with E-state index in [0.29, 0.717) is 19.5 Å². The van der Waals surface area contributed by atoms with Gasteiger partial charge in [-0.3, -0.25) is 4.79 Å². The molecule has 0 saturated heterocycles. The Morgan fingerprint density at radius 3 is 2.64 bits per heavy atom. The molecule has 76 valence electrons. The number of hydrogen-bond donors (Lipinski definition) is 2. The van der Waals surface area contributed by atoms with Crippen molar-refractivity contribution >= 4 is 11.6 Å². The molecule has 0 unspecified atom stereocenters. The number of anilines is 1. The Morgan fingerprint density at radius 2 is 2.00 bits per heavy atom. The lowest BCUT2D eigenvalue weighted by Crippen LogP contribution is -2.24. The van der Waals surface area contributed by atoms with Gasteiger partial charge in [-0.15, -0.1) is 0 Å². The van der Waals surface area contributed by atoms with E-state index in [4.69, 9.17) is 0 Å². The third kappa shape index (κ3) is 3.94. The summed E-state index contributed by atoms with van der Waals surface area (Å²) in [5.74, 6) is 0.0935. The Bertz CT molecular complexity index is 272. The molecule has 1 aromatic carbocycles. The van der Waals surface area contributed by atoms with Gasteiger partial charge in [-0.25, -0.2) is 0 Å². The fraction of sp³-hybridized carbons (Fsp3) is 0.364. The van der Waals surface area contributed by atoms with Gasteiger partial charge >= 0.3 is 0 Å². The van der Waals surface area contributed by atoms with Gasteiger partial charge in [0.25, 0.3) is 0 Å². The van der Waals surface area contributed by atoms with Crippen molar-refractivity contribution in [3.63, 3.8) is 0 Å². The molecule has 14 heavy (non-hydrogen) atoms. The van der Waals surface area contributed by atoms with Crippen molar-refractivity contribution in [2.45, 2.75) is 13.3 Å². The fourth-order valence-corrected chi connectivity index (χ4v) is 1.16. The molecule has 1 amide bonds. The molecule has 0 spiro atoms. The van der Waals surface area contributed by atoms with Crippen LogP contribution in [-0.4, -0.2) is 19.0 Å². The lowest BCUT2D eigenvalue weighted by molar-refractivity contribution is -0.120. The van der Waals surface area contributed by atoms with Gasteiger partial charge in [-0.05, 0) is 19.1 Å². The van der Waals surface area contributed by atoms with Crippen molar-refractivity contribution < 1.29 is 4.79 Å². The van der Waals surface area contributed by atoms with Crippen LogP contribution in [-0.2, 0) is 4.79 Å². The average Bonchev–Trinajstić information content (AvgIpc) is 2.20. The van der Waals surface area contributed by atoms with Gasteiger partial charge in [-0.2, -0.15) is 0 Å². The number of hydrogen-bond acceptors (Lipinski definition) is 2. The number of rotatable bonds is 5. The van der Waals surface area contributed by atoms with Crippen LogP contribution >= 0.6 is 0 Å². The minimum Gasteiger partial charge on any atom is -0.385 e. The Balaban J connectivity index is 2.19. The number of para-hydroxylation sites is 1. The normalized spacial score (nSPS) is 9.50. The number of carbonyl (C=O) groups excluding carboxylic acids is 1. The van der Waals surface area contributed by atoms with Crippen LogP contribution < -0.4 is 10.6 Å². The van der Waals surface area contributed by atoms with Gasteiger partial charge in [-0.1, -0.05) is 18.2 Å². The molecule has 0 aliphatic carbocycles. The Kier molecular flexibility index (Phi) is 4.55. The van der Waals surface area contributed by atoms with E-state index in [1.165, 1.54) is 0 Å². The number of carbonyl (C=O) groups is 1. The quantitative estimate of drug-likeness (QED) is 0.744. The summed E-state index contributed by atoms with van der Waals surface area (Å²) in [5, 5.41) is 5.93. The minimum absolute atomic E-state index is 0.0935. The molecular weight excluding hydrogens is 176 g/mol. The number of nitrogens with one attached hydrogen (secondary N) is 2. The van der Waals surface area contributed by atoms with Gasteiger partial charge in [0.15, 0.2) is 0 Å². The standard InChI is InChI=1S/C11H16N2O/c1-2-12-11(14)8-9-13-10-6-4-3-5-7-10/h3-7,13H,2,8-9H2,1H3,(H,12,14). The van der Waals surface area contributed by atoms with Crippen LogP contribution in [0.15, 0.2) is 30.3 Å². The van der Waals surface area contributed by atoms with Crippen molar-refractivity contribution in [1.82, 2.24) is 5.32 Å². The SMILES string of the molecule is CCNC(=O)CCNc1ccccc1. The van der Waals surface area contributed by atoms with E-state index >= 15 is 0 Å². The van der Waals surface area contributed by atoms with Gasteiger partial charge < -0.3 is 10.6 Å². The molecule has 0 atom stereocenters. The molecule has 2 N–H and O–H groups in total. The fourth-order valence-electron chi connectivity index (χ4n) is 1.16. The molecule has 0 aliphatic heterocycles. The molecule has 3 heteroatoms. The summed E-state index contributed by atoms with van der Waals surface area (Å²) in [6.45, 7) is 3.29. The van der Waals surface area contributed by atoms with Crippen molar-refractivity contribution in [1.29, 1.82) is 0 Å². The van der Waals surface area contributed by atoms with Crippen LogP contribution in [0.25, 0.3) is 0 Å². The van der Waals surface area contributed by atoms with E-state index in [-0.39, 0.29) is 5.91 Å². The molecule has 0 saturated carbocycles. The summed E-state index contributed by atoms with van der Waals surface area (Å²) in [7, 11) is 0. The van der Waals surface area contributed by atoms with Crippen LogP contribution in [0.1, 0.15) is 13.3 Å². The first kappa shape index (κ1) is 10.6. The zero-order chi connectivity index (χ0) is 10.2. The highest BCUT2D eigenvalue weighted by Gasteiger charge is 1.97. The first-order valence-corrected chi connectivity index (χ1v) is 4.88. The highest BCUT2D eigenvalue weighted by atomic mass is 16.1. The molecule has 0 fully saturated rings. The minimum atomic E-state index is 0.0935. The number of amides is 1. The van der Waals surface area contributed by atoms with E-state index in [0.717, 1.165) is 5.69 Å². The predicted octanol–water partition coefficient (Wildman–Crippen LogP) is 1.62. The average molecular weight is 192 g/mol. The zero-order valence-electron chi connectivity index (χ0n) is 8.42. The van der Waals surface area contributed by atoms with Crippen molar-refractivity contribution in [2.24, 2.45) is 0 Å². The molecule has 1 rings (SSSR count). The summed E-state index contributed by atoms with van der Waals surface area (Å²) in [6, 6.07) is 9.87. The van der Waals surface area contributed by atoms with E-state index in [9.17, 15) is 4.79 Å². The van der Waals surface area contributed by atoms with Crippen molar-refractivity contribution in [3.8, 4) is 0 Å². The maximum Gasteiger partial charge on any atom is 0.221 e. The van der Waals surface area contributed by atoms with Crippen molar-refractivity contribution in [2.75, 3.05) is 18.4 Å². The highest BCUT2D eigenvalue weighted by Crippen LogP contribution is 2.04. The zero-order valence-corrected chi connectivity index (χ0v) is 8.42. The van der Waals surface area contributed by atoms with Crippen LogP contribution in [0.2, 0.25) is 0 Å². The second kappa shape index (κ2) is 6.02. The maximum atomic E-state index is 11.1. The lowest BCUT2D eigenvalue weighted by atomic mass is 10.3. The highest BCUT2D eigenvalue weighted by molar-refractivity contribution is 5.76. The first-order chi connectivity index (χ1) is 6.83. The summed E-state index contributed by atoms with van der Waals surface area (Å²) in [6.07, 6.45) is 0.517. The van der Waals surface area contributed by atoms with Gasteiger partial charge in [0.05, 0.1) is 0 Å². The molecule has 0 heterocycles. The van der Waals surface area contributed by atoms with Crippen molar-refractivity contribution in [3.05, 3.63) is 30.3 Å². The summed E-state index contributed by atoms with van der Waals surface area (Å²) < 4.78 is 0. The van der Waals surface area contributed by atoms with Gasteiger partial charge in [0, 0.05) is 25.2 Å². The molecule has 0 bridgehead atoms. The topological polar surface area (TPSA) is 41.1 Å². The molecule has 1 aromatic rings. The Labute approximate surface area is 84.5 Å². The molecular formula is C11H16N2O.